The van der Waals surface area contributed by atoms with Crippen molar-refractivity contribution in [2.45, 2.75) is 6.04 Å². The average Bonchev–Trinajstić information content (AvgIpc) is 3.41. The fourth-order valence-electron chi connectivity index (χ4n) is 3.89. The lowest BCUT2D eigenvalue weighted by molar-refractivity contribution is -0.123. The number of aromatic nitrogens is 4. The first-order valence-corrected chi connectivity index (χ1v) is 11.5. The number of benzene rings is 3. The van der Waals surface area contributed by atoms with E-state index in [1.54, 1.807) is 66.7 Å². The number of nitrogens with zero attached hydrogens (tertiary/aromatic N) is 3. The van der Waals surface area contributed by atoms with Crippen molar-refractivity contribution in [1.29, 1.82) is 0 Å². The lowest BCUT2D eigenvalue weighted by atomic mass is 10.0. The summed E-state index contributed by atoms with van der Waals surface area (Å²) in [4.78, 5) is 38.6. The van der Waals surface area contributed by atoms with Gasteiger partial charge in [0, 0.05) is 22.1 Å². The molecule has 0 unspecified atom stereocenters. The molecular weight excluding hydrogens is 489 g/mol. The van der Waals surface area contributed by atoms with Crippen LogP contribution in [0.2, 0.25) is 0 Å². The van der Waals surface area contributed by atoms with E-state index >= 15 is 0 Å². The number of hydrogen-bond acceptors (Lipinski definition) is 6. The molecule has 3 aromatic carbocycles. The van der Waals surface area contributed by atoms with E-state index in [0.29, 0.717) is 33.2 Å². The standard InChI is InChI=1S/C27H20FN7O3/c28-19-12-10-16(11-13-19)22-18(14-29-32-22)15-30-34-27(38)24(31-25(36)17-6-2-1-3-7-17)23-20-8-4-5-9-21(20)26(37)35-33-23/h1-15,24H,(H,29,32)(H,31,36)(H,34,38)(H,35,37)/b30-15-/t24-/m1/s1. The maximum absolute atomic E-state index is 13.3. The summed E-state index contributed by atoms with van der Waals surface area (Å²) >= 11 is 0. The van der Waals surface area contributed by atoms with Crippen LogP contribution in [0.4, 0.5) is 4.39 Å². The summed E-state index contributed by atoms with van der Waals surface area (Å²) < 4.78 is 13.3. The Labute approximate surface area is 214 Å². The average molecular weight is 510 g/mol. The van der Waals surface area contributed by atoms with Crippen LogP contribution in [-0.4, -0.2) is 38.4 Å². The molecule has 2 heterocycles. The summed E-state index contributed by atoms with van der Waals surface area (Å²) in [6.45, 7) is 0. The highest BCUT2D eigenvalue weighted by molar-refractivity contribution is 5.99. The zero-order valence-electron chi connectivity index (χ0n) is 19.7. The SMILES string of the molecule is O=C(N[C@@H](C(=O)N/N=C\c1cn[nH]c1-c1ccc(F)cc1)c1n[nH]c(=O)c2ccccc12)c1ccccc1. The molecular formula is C27H20FN7O3. The fourth-order valence-corrected chi connectivity index (χ4v) is 3.89. The maximum Gasteiger partial charge on any atom is 0.272 e. The fraction of sp³-hybridized carbons (Fsp3) is 0.0370. The molecule has 38 heavy (non-hydrogen) atoms. The van der Waals surface area contributed by atoms with Gasteiger partial charge in [0.15, 0.2) is 6.04 Å². The molecule has 5 aromatic rings. The summed E-state index contributed by atoms with van der Waals surface area (Å²) in [6, 6.07) is 19.5. The zero-order chi connectivity index (χ0) is 26.5. The maximum atomic E-state index is 13.3. The van der Waals surface area contributed by atoms with E-state index in [0.717, 1.165) is 0 Å². The van der Waals surface area contributed by atoms with Gasteiger partial charge in [-0.2, -0.15) is 15.3 Å². The number of aromatic amines is 2. The highest BCUT2D eigenvalue weighted by Gasteiger charge is 2.27. The van der Waals surface area contributed by atoms with Crippen LogP contribution in [0, 0.1) is 5.82 Å². The number of fused-ring (bicyclic) bond motifs is 1. The normalized spacial score (nSPS) is 11.9. The van der Waals surface area contributed by atoms with E-state index in [2.05, 4.69) is 36.2 Å². The first-order valence-electron chi connectivity index (χ1n) is 11.5. The Morgan fingerprint density at radius 3 is 2.39 bits per heavy atom. The number of amides is 2. The van der Waals surface area contributed by atoms with Crippen LogP contribution in [0.15, 0.2) is 95.0 Å². The third-order valence-electron chi connectivity index (χ3n) is 5.75. The second-order valence-electron chi connectivity index (χ2n) is 8.20. The lowest BCUT2D eigenvalue weighted by Crippen LogP contribution is -2.40. The predicted molar refractivity (Wildman–Crippen MR) is 139 cm³/mol. The van der Waals surface area contributed by atoms with E-state index in [1.807, 2.05) is 0 Å². The molecule has 188 valence electrons. The first-order chi connectivity index (χ1) is 18.5. The van der Waals surface area contributed by atoms with Gasteiger partial charge in [-0.05, 0) is 42.5 Å². The molecule has 10 nitrogen and oxygen atoms in total. The first kappa shape index (κ1) is 24.3. The molecule has 11 heteroatoms. The highest BCUT2D eigenvalue weighted by atomic mass is 19.1. The minimum absolute atomic E-state index is 0.146. The number of carbonyl (C=O) groups is 2. The number of hydrazone groups is 1. The molecule has 1 atom stereocenters. The van der Waals surface area contributed by atoms with Gasteiger partial charge in [-0.15, -0.1) is 0 Å². The summed E-state index contributed by atoms with van der Waals surface area (Å²) in [5.74, 6) is -1.58. The summed E-state index contributed by atoms with van der Waals surface area (Å²) in [6.07, 6.45) is 2.87. The molecule has 0 fully saturated rings. The van der Waals surface area contributed by atoms with Crippen LogP contribution in [0.1, 0.15) is 27.7 Å². The minimum Gasteiger partial charge on any atom is -0.335 e. The molecule has 4 N–H and O–H groups in total. The van der Waals surface area contributed by atoms with Crippen molar-refractivity contribution in [3.8, 4) is 11.3 Å². The Morgan fingerprint density at radius 1 is 0.921 bits per heavy atom. The van der Waals surface area contributed by atoms with E-state index in [1.165, 1.54) is 24.5 Å². The Kier molecular flexibility index (Phi) is 6.81. The van der Waals surface area contributed by atoms with Crippen LogP contribution in [0.25, 0.3) is 22.0 Å². The largest absolute Gasteiger partial charge is 0.335 e. The van der Waals surface area contributed by atoms with Crippen molar-refractivity contribution >= 4 is 28.8 Å². The van der Waals surface area contributed by atoms with Crippen molar-refractivity contribution < 1.29 is 14.0 Å². The Balaban J connectivity index is 1.44. The third-order valence-corrected chi connectivity index (χ3v) is 5.75. The van der Waals surface area contributed by atoms with Crippen molar-refractivity contribution in [1.82, 2.24) is 31.1 Å². The van der Waals surface area contributed by atoms with Crippen molar-refractivity contribution in [2.24, 2.45) is 5.10 Å². The van der Waals surface area contributed by atoms with Gasteiger partial charge in [0.05, 0.1) is 23.5 Å². The van der Waals surface area contributed by atoms with Gasteiger partial charge in [0.1, 0.15) is 11.5 Å². The second kappa shape index (κ2) is 10.7. The minimum atomic E-state index is -1.29. The van der Waals surface area contributed by atoms with Gasteiger partial charge >= 0.3 is 0 Å². The molecule has 0 radical (unpaired) electrons. The molecule has 0 saturated carbocycles. The van der Waals surface area contributed by atoms with E-state index in [9.17, 15) is 18.8 Å². The quantitative estimate of drug-likeness (QED) is 0.197. The monoisotopic (exact) mass is 509 g/mol. The summed E-state index contributed by atoms with van der Waals surface area (Å²) in [5, 5.41) is 20.7. The van der Waals surface area contributed by atoms with Crippen molar-refractivity contribution in [2.75, 3.05) is 0 Å². The van der Waals surface area contributed by atoms with Gasteiger partial charge in [-0.25, -0.2) is 14.9 Å². The smallest absolute Gasteiger partial charge is 0.272 e. The molecule has 0 bridgehead atoms. The Bertz CT molecular complexity index is 1700. The Hall–Kier alpha value is -5.45. The number of halogens is 1. The van der Waals surface area contributed by atoms with Gasteiger partial charge in [-0.1, -0.05) is 36.4 Å². The van der Waals surface area contributed by atoms with Gasteiger partial charge in [-0.3, -0.25) is 19.5 Å². The van der Waals surface area contributed by atoms with E-state index < -0.39 is 23.4 Å². The predicted octanol–water partition coefficient (Wildman–Crippen LogP) is 3.07. The molecule has 0 spiro atoms. The number of H-pyrrole nitrogens is 2. The molecule has 2 amide bonds. The molecule has 0 saturated heterocycles. The summed E-state index contributed by atoms with van der Waals surface area (Å²) in [5.41, 5.74) is 4.27. The number of nitrogens with one attached hydrogen (secondary N) is 4. The van der Waals surface area contributed by atoms with E-state index in [4.69, 9.17) is 0 Å². The van der Waals surface area contributed by atoms with E-state index in [-0.39, 0.29) is 11.5 Å². The van der Waals surface area contributed by atoms with Gasteiger partial charge < -0.3 is 5.32 Å². The molecule has 0 aliphatic heterocycles. The number of carbonyl (C=O) groups excluding carboxylic acids is 2. The third kappa shape index (κ3) is 5.07. The van der Waals surface area contributed by atoms with Crippen LogP contribution in [0.3, 0.4) is 0 Å². The van der Waals surface area contributed by atoms with Crippen LogP contribution < -0.4 is 16.3 Å². The highest BCUT2D eigenvalue weighted by Crippen LogP contribution is 2.22. The van der Waals surface area contributed by atoms with Gasteiger partial charge in [0.25, 0.3) is 17.4 Å². The topological polar surface area (TPSA) is 145 Å². The van der Waals surface area contributed by atoms with Crippen molar-refractivity contribution in [3.05, 3.63) is 118 Å². The molecule has 0 aliphatic rings. The van der Waals surface area contributed by atoms with Crippen molar-refractivity contribution in [3.63, 3.8) is 0 Å². The Morgan fingerprint density at radius 2 is 1.63 bits per heavy atom. The molecule has 0 aliphatic carbocycles. The van der Waals surface area contributed by atoms with Crippen LogP contribution >= 0.6 is 0 Å². The van der Waals surface area contributed by atoms with Crippen LogP contribution in [-0.2, 0) is 4.79 Å². The zero-order valence-corrected chi connectivity index (χ0v) is 19.7. The molecule has 5 rings (SSSR count). The van der Waals surface area contributed by atoms with Gasteiger partial charge in [0.2, 0.25) is 0 Å². The second-order valence-corrected chi connectivity index (χ2v) is 8.20. The number of hydrogen-bond donors (Lipinski definition) is 4. The summed E-state index contributed by atoms with van der Waals surface area (Å²) in [7, 11) is 0. The lowest BCUT2D eigenvalue weighted by Gasteiger charge is -2.18. The number of rotatable bonds is 7. The van der Waals surface area contributed by atoms with Crippen LogP contribution in [0.5, 0.6) is 0 Å². The molecule has 2 aromatic heterocycles.